The molecule has 0 aromatic carbocycles. The van der Waals surface area contributed by atoms with Crippen molar-refractivity contribution in [3.8, 4) is 0 Å². The average molecular weight is 437 g/mol. The molecule has 0 aromatic rings. The normalized spacial score (nSPS) is 11.6. The summed E-state index contributed by atoms with van der Waals surface area (Å²) < 4.78 is 29.9. The summed E-state index contributed by atoms with van der Waals surface area (Å²) in [5.74, 6) is -2.65. The number of rotatable bonds is 12. The van der Waals surface area contributed by atoms with Crippen LogP contribution in [0.1, 0.15) is 13.8 Å². The van der Waals surface area contributed by atoms with E-state index in [2.05, 4.69) is 23.2 Å². The van der Waals surface area contributed by atoms with Gasteiger partial charge in [-0.2, -0.15) is 0 Å². The number of carbonyl (C=O) groups is 4. The standard InChI is InChI=1S/C16H24NO11P/c1-10(2)14(19)25-6-5-17-16(21)28-12(8-27-15(20)11(3)4)7-26-13(18)9-29(22,23)24/h12H,1,3,5-9H2,2,4H3,(H,17,21)(H2,22,23,24). The van der Waals surface area contributed by atoms with Gasteiger partial charge in [0.15, 0.2) is 6.10 Å². The Morgan fingerprint density at radius 1 is 0.966 bits per heavy atom. The highest BCUT2D eigenvalue weighted by Crippen LogP contribution is 2.33. The summed E-state index contributed by atoms with van der Waals surface area (Å²) in [6, 6.07) is 0. The fourth-order valence-electron chi connectivity index (χ4n) is 1.42. The van der Waals surface area contributed by atoms with Crippen LogP contribution in [-0.2, 0) is 37.9 Å². The second-order valence-electron chi connectivity index (χ2n) is 5.75. The van der Waals surface area contributed by atoms with E-state index in [0.29, 0.717) is 0 Å². The van der Waals surface area contributed by atoms with Gasteiger partial charge in [-0.15, -0.1) is 0 Å². The van der Waals surface area contributed by atoms with Crippen molar-refractivity contribution in [1.82, 2.24) is 5.32 Å². The molecule has 1 amide bonds. The van der Waals surface area contributed by atoms with Gasteiger partial charge in [0, 0.05) is 11.1 Å². The van der Waals surface area contributed by atoms with E-state index in [0.717, 1.165) is 0 Å². The molecule has 1 atom stereocenters. The van der Waals surface area contributed by atoms with Crippen LogP contribution >= 0.6 is 7.60 Å². The van der Waals surface area contributed by atoms with Crippen molar-refractivity contribution < 1.29 is 52.5 Å². The van der Waals surface area contributed by atoms with Gasteiger partial charge in [-0.05, 0) is 13.8 Å². The van der Waals surface area contributed by atoms with Crippen molar-refractivity contribution >= 4 is 31.6 Å². The topological polar surface area (TPSA) is 175 Å². The highest BCUT2D eigenvalue weighted by atomic mass is 31.2. The molecular formula is C16H24NO11P. The number of ether oxygens (including phenoxy) is 4. The molecule has 13 heteroatoms. The van der Waals surface area contributed by atoms with Gasteiger partial charge >= 0.3 is 31.6 Å². The Labute approximate surface area is 167 Å². The van der Waals surface area contributed by atoms with Crippen LogP contribution in [0.4, 0.5) is 4.79 Å². The highest BCUT2D eigenvalue weighted by molar-refractivity contribution is 7.52. The smallest absolute Gasteiger partial charge is 0.407 e. The molecule has 1 unspecified atom stereocenters. The van der Waals surface area contributed by atoms with Gasteiger partial charge in [-0.3, -0.25) is 9.36 Å². The lowest BCUT2D eigenvalue weighted by Crippen LogP contribution is -2.37. The number of esters is 3. The summed E-state index contributed by atoms with van der Waals surface area (Å²) >= 11 is 0. The monoisotopic (exact) mass is 437 g/mol. The summed E-state index contributed by atoms with van der Waals surface area (Å²) in [5.41, 5.74) is 0.259. The first-order valence-corrected chi connectivity index (χ1v) is 9.91. The Morgan fingerprint density at radius 3 is 2.00 bits per heavy atom. The van der Waals surface area contributed by atoms with E-state index in [1.165, 1.54) is 13.8 Å². The van der Waals surface area contributed by atoms with Gasteiger partial charge in [0.2, 0.25) is 0 Å². The first-order chi connectivity index (χ1) is 13.3. The van der Waals surface area contributed by atoms with Crippen LogP contribution in [0.2, 0.25) is 0 Å². The first kappa shape index (κ1) is 26.3. The zero-order valence-corrected chi connectivity index (χ0v) is 16.9. The highest BCUT2D eigenvalue weighted by Gasteiger charge is 2.24. The summed E-state index contributed by atoms with van der Waals surface area (Å²) in [6.07, 6.45) is -3.43. The minimum atomic E-state index is -4.63. The fraction of sp³-hybridized carbons (Fsp3) is 0.500. The maximum Gasteiger partial charge on any atom is 0.407 e. The second kappa shape index (κ2) is 12.7. The zero-order chi connectivity index (χ0) is 22.6. The molecule has 0 aromatic heterocycles. The maximum absolute atomic E-state index is 11.8. The number of nitrogens with one attached hydrogen (secondary N) is 1. The third kappa shape index (κ3) is 14.0. The fourth-order valence-corrected chi connectivity index (χ4v) is 1.85. The van der Waals surface area contributed by atoms with E-state index in [-0.39, 0.29) is 24.3 Å². The van der Waals surface area contributed by atoms with Crippen LogP contribution in [0.5, 0.6) is 0 Å². The van der Waals surface area contributed by atoms with Crippen LogP contribution in [0.3, 0.4) is 0 Å². The Kier molecular flexibility index (Phi) is 11.5. The largest absolute Gasteiger partial charge is 0.461 e. The summed E-state index contributed by atoms with van der Waals surface area (Å²) in [5, 5.41) is 2.25. The molecule has 0 saturated heterocycles. The molecule has 164 valence electrons. The molecule has 0 fully saturated rings. The van der Waals surface area contributed by atoms with E-state index in [1.807, 2.05) is 0 Å². The predicted octanol–water partition coefficient (Wildman–Crippen LogP) is 0.0407. The SMILES string of the molecule is C=C(C)C(=O)OCCNC(=O)OC(COC(=O)CP(=O)(O)O)COC(=O)C(=C)C. The lowest BCUT2D eigenvalue weighted by molar-refractivity contribution is -0.148. The number of hydrogen-bond acceptors (Lipinski definition) is 9. The average Bonchev–Trinajstić information content (AvgIpc) is 2.58. The summed E-state index contributed by atoms with van der Waals surface area (Å²) in [6.45, 7) is 8.20. The van der Waals surface area contributed by atoms with Crippen molar-refractivity contribution in [1.29, 1.82) is 0 Å². The molecule has 0 aliphatic rings. The third-order valence-corrected chi connectivity index (χ3v) is 3.41. The lowest BCUT2D eigenvalue weighted by atomic mass is 10.3. The van der Waals surface area contributed by atoms with Gasteiger partial charge in [-0.1, -0.05) is 13.2 Å². The predicted molar refractivity (Wildman–Crippen MR) is 97.7 cm³/mol. The molecule has 29 heavy (non-hydrogen) atoms. The Balaban J connectivity index is 4.60. The second-order valence-corrected chi connectivity index (χ2v) is 7.40. The van der Waals surface area contributed by atoms with E-state index in [4.69, 9.17) is 24.0 Å². The minimum absolute atomic E-state index is 0.0750. The molecular weight excluding hydrogens is 413 g/mol. The van der Waals surface area contributed by atoms with Gasteiger partial charge in [0.1, 0.15) is 26.0 Å². The molecule has 3 N–H and O–H groups in total. The van der Waals surface area contributed by atoms with Crippen molar-refractivity contribution in [3.63, 3.8) is 0 Å². The van der Waals surface area contributed by atoms with E-state index in [9.17, 15) is 23.7 Å². The number of carbonyl (C=O) groups excluding carboxylic acids is 4. The molecule has 12 nitrogen and oxygen atoms in total. The Hall–Kier alpha value is -2.69. The maximum atomic E-state index is 11.8. The molecule has 0 bridgehead atoms. The molecule has 0 saturated carbocycles. The molecule has 0 aliphatic carbocycles. The van der Waals surface area contributed by atoms with Gasteiger partial charge in [0.25, 0.3) is 0 Å². The first-order valence-electron chi connectivity index (χ1n) is 8.11. The van der Waals surface area contributed by atoms with E-state index in [1.54, 1.807) is 0 Å². The van der Waals surface area contributed by atoms with E-state index >= 15 is 0 Å². The van der Waals surface area contributed by atoms with Crippen LogP contribution < -0.4 is 5.32 Å². The van der Waals surface area contributed by atoms with Crippen molar-refractivity contribution in [3.05, 3.63) is 24.3 Å². The summed E-state index contributed by atoms with van der Waals surface area (Å²) in [4.78, 5) is 63.2. The van der Waals surface area contributed by atoms with Crippen LogP contribution in [0.25, 0.3) is 0 Å². The van der Waals surface area contributed by atoms with Crippen LogP contribution in [0.15, 0.2) is 24.3 Å². The zero-order valence-electron chi connectivity index (χ0n) is 16.0. The van der Waals surface area contributed by atoms with Crippen LogP contribution in [0, 0.1) is 0 Å². The number of alkyl carbamates (subject to hydrolysis) is 1. The van der Waals surface area contributed by atoms with E-state index < -0.39 is 57.1 Å². The quantitative estimate of drug-likeness (QED) is 0.124. The van der Waals surface area contributed by atoms with Gasteiger partial charge in [0.05, 0.1) is 6.54 Å². The van der Waals surface area contributed by atoms with Crippen molar-refractivity contribution in [2.24, 2.45) is 0 Å². The van der Waals surface area contributed by atoms with Gasteiger partial charge in [-0.25, -0.2) is 14.4 Å². The molecule has 0 heterocycles. The third-order valence-electron chi connectivity index (χ3n) is 2.74. The molecule has 0 radical (unpaired) electrons. The molecule has 0 spiro atoms. The minimum Gasteiger partial charge on any atom is -0.461 e. The number of hydrogen-bond donors (Lipinski definition) is 3. The van der Waals surface area contributed by atoms with Crippen LogP contribution in [-0.4, -0.2) is 72.4 Å². The molecule has 0 aliphatic heterocycles. The van der Waals surface area contributed by atoms with Crippen molar-refractivity contribution in [2.45, 2.75) is 20.0 Å². The number of amides is 1. The summed E-state index contributed by atoms with van der Waals surface area (Å²) in [7, 11) is -4.63. The van der Waals surface area contributed by atoms with Gasteiger partial charge < -0.3 is 34.1 Å². The lowest BCUT2D eigenvalue weighted by Gasteiger charge is -2.18. The van der Waals surface area contributed by atoms with Crippen molar-refractivity contribution in [2.75, 3.05) is 32.5 Å². The molecule has 0 rings (SSSR count). The Bertz CT molecular complexity index is 697. The Morgan fingerprint density at radius 2 is 1.48 bits per heavy atom.